The van der Waals surface area contributed by atoms with Crippen molar-refractivity contribution in [3.8, 4) is 5.82 Å². The van der Waals surface area contributed by atoms with Crippen molar-refractivity contribution in [3.63, 3.8) is 0 Å². The molecule has 1 aliphatic rings. The molecule has 0 spiro atoms. The van der Waals surface area contributed by atoms with E-state index in [9.17, 15) is 9.59 Å². The number of aryl methyl sites for hydroxylation is 2. The number of rotatable bonds is 5. The summed E-state index contributed by atoms with van der Waals surface area (Å²) in [6, 6.07) is 7.88. The lowest BCUT2D eigenvalue weighted by atomic mass is 10.1. The molecular weight excluding hydrogens is 384 g/mol. The molecule has 0 bridgehead atoms. The molecule has 1 amide bonds. The molecular formula is C22H24N4O4. The minimum absolute atomic E-state index is 0.174. The second kappa shape index (κ2) is 8.23. The number of anilines is 1. The molecule has 0 radical (unpaired) electrons. The Kier molecular flexibility index (Phi) is 5.50. The average Bonchev–Trinajstić information content (AvgIpc) is 3.39. The number of para-hydroxylation sites is 1. The molecule has 3 heterocycles. The van der Waals surface area contributed by atoms with E-state index in [2.05, 4.69) is 10.4 Å². The molecule has 0 saturated carbocycles. The minimum Gasteiger partial charge on any atom is -0.462 e. The van der Waals surface area contributed by atoms with Gasteiger partial charge in [0.15, 0.2) is 11.6 Å². The molecule has 30 heavy (non-hydrogen) atoms. The smallest absolute Gasteiger partial charge is 0.343 e. The van der Waals surface area contributed by atoms with E-state index in [0.29, 0.717) is 18.8 Å². The number of nitrogens with zero attached hydrogens (tertiary/aromatic N) is 3. The summed E-state index contributed by atoms with van der Waals surface area (Å²) in [5, 5.41) is 8.20. The van der Waals surface area contributed by atoms with Crippen LogP contribution in [0, 0.1) is 13.8 Å². The zero-order chi connectivity index (χ0) is 21.3. The van der Waals surface area contributed by atoms with Crippen LogP contribution in [-0.2, 0) is 14.3 Å². The normalized spacial score (nSPS) is 16.0. The molecule has 0 aliphatic carbocycles. The number of hydrogen-bond donors (Lipinski definition) is 1. The predicted octanol–water partition coefficient (Wildman–Crippen LogP) is 3.33. The lowest BCUT2D eigenvalue weighted by Crippen LogP contribution is -2.29. The van der Waals surface area contributed by atoms with Crippen molar-refractivity contribution in [1.29, 1.82) is 0 Å². The summed E-state index contributed by atoms with van der Waals surface area (Å²) in [7, 11) is 0. The number of amides is 1. The molecule has 1 atom stereocenters. The highest BCUT2D eigenvalue weighted by molar-refractivity contribution is 6.02. The summed E-state index contributed by atoms with van der Waals surface area (Å²) < 4.78 is 12.1. The number of ether oxygens (including phenoxy) is 2. The third-order valence-corrected chi connectivity index (χ3v) is 5.18. The van der Waals surface area contributed by atoms with Crippen molar-refractivity contribution in [2.24, 2.45) is 0 Å². The number of hydrogen-bond acceptors (Lipinski definition) is 6. The fourth-order valence-electron chi connectivity index (χ4n) is 3.63. The summed E-state index contributed by atoms with van der Waals surface area (Å²) in [5.41, 5.74) is 3.06. The summed E-state index contributed by atoms with van der Waals surface area (Å²) in [5.74, 6) is -0.130. The van der Waals surface area contributed by atoms with E-state index >= 15 is 0 Å². The Hall–Kier alpha value is -3.26. The van der Waals surface area contributed by atoms with Gasteiger partial charge in [-0.2, -0.15) is 9.78 Å². The summed E-state index contributed by atoms with van der Waals surface area (Å²) in [6.45, 7) is 6.48. The largest absolute Gasteiger partial charge is 0.462 e. The van der Waals surface area contributed by atoms with Crippen molar-refractivity contribution in [2.75, 3.05) is 18.5 Å². The van der Waals surface area contributed by atoms with Crippen LogP contribution in [0.1, 0.15) is 41.3 Å². The van der Waals surface area contributed by atoms with E-state index in [4.69, 9.17) is 14.5 Å². The topological polar surface area (TPSA) is 95.3 Å². The molecule has 1 saturated heterocycles. The maximum Gasteiger partial charge on any atom is 0.343 e. The maximum absolute atomic E-state index is 12.7. The quantitative estimate of drug-likeness (QED) is 0.651. The molecule has 2 aromatic heterocycles. The van der Waals surface area contributed by atoms with Crippen molar-refractivity contribution in [2.45, 2.75) is 39.7 Å². The lowest BCUT2D eigenvalue weighted by molar-refractivity contribution is -0.124. The standard InChI is InChI=1S/C22H24N4O4/c1-4-29-22(28)16-12-23-26(20(16)25-21(27)17-9-6-10-30-17)18-11-14(3)15-8-5-7-13(2)19(15)24-18/h5,7-8,11-12,17H,4,6,9-10H2,1-3H3,(H,25,27). The molecule has 4 rings (SSSR count). The first-order valence-corrected chi connectivity index (χ1v) is 10.0. The third-order valence-electron chi connectivity index (χ3n) is 5.18. The van der Waals surface area contributed by atoms with Gasteiger partial charge < -0.3 is 14.8 Å². The maximum atomic E-state index is 12.7. The van der Waals surface area contributed by atoms with Crippen LogP contribution in [0.5, 0.6) is 0 Å². The van der Waals surface area contributed by atoms with Crippen LogP contribution in [0.2, 0.25) is 0 Å². The molecule has 3 aromatic rings. The molecule has 1 unspecified atom stereocenters. The van der Waals surface area contributed by atoms with E-state index < -0.39 is 12.1 Å². The Balaban J connectivity index is 1.81. The van der Waals surface area contributed by atoms with Crippen molar-refractivity contribution < 1.29 is 19.1 Å². The van der Waals surface area contributed by atoms with Gasteiger partial charge in [0.05, 0.1) is 18.3 Å². The Labute approximate surface area is 174 Å². The monoisotopic (exact) mass is 408 g/mol. The number of carbonyl (C=O) groups is 2. The van der Waals surface area contributed by atoms with E-state index in [-0.39, 0.29) is 23.9 Å². The summed E-state index contributed by atoms with van der Waals surface area (Å²) >= 11 is 0. The lowest BCUT2D eigenvalue weighted by Gasteiger charge is -2.14. The van der Waals surface area contributed by atoms with E-state index in [0.717, 1.165) is 28.5 Å². The zero-order valence-electron chi connectivity index (χ0n) is 17.3. The average molecular weight is 408 g/mol. The van der Waals surface area contributed by atoms with Gasteiger partial charge in [0.2, 0.25) is 0 Å². The molecule has 8 heteroatoms. The number of carbonyl (C=O) groups excluding carboxylic acids is 2. The van der Waals surface area contributed by atoms with E-state index in [1.165, 1.54) is 10.9 Å². The Morgan fingerprint density at radius 3 is 2.87 bits per heavy atom. The first-order chi connectivity index (χ1) is 14.5. The van der Waals surface area contributed by atoms with Crippen LogP contribution in [0.4, 0.5) is 5.82 Å². The van der Waals surface area contributed by atoms with Crippen molar-refractivity contribution >= 4 is 28.6 Å². The van der Waals surface area contributed by atoms with E-state index in [1.807, 2.05) is 38.1 Å². The second-order valence-corrected chi connectivity index (χ2v) is 7.30. The van der Waals surface area contributed by atoms with Crippen LogP contribution in [0.25, 0.3) is 16.7 Å². The molecule has 8 nitrogen and oxygen atoms in total. The van der Waals surface area contributed by atoms with Gasteiger partial charge in [-0.25, -0.2) is 9.78 Å². The molecule has 1 aromatic carbocycles. The summed E-state index contributed by atoms with van der Waals surface area (Å²) in [4.78, 5) is 29.9. The Morgan fingerprint density at radius 1 is 1.30 bits per heavy atom. The Morgan fingerprint density at radius 2 is 2.13 bits per heavy atom. The SMILES string of the molecule is CCOC(=O)c1cnn(-c2cc(C)c3cccc(C)c3n2)c1NC(=O)C1CCCO1. The van der Waals surface area contributed by atoms with Crippen molar-refractivity contribution in [1.82, 2.24) is 14.8 Å². The van der Waals surface area contributed by atoms with Crippen LogP contribution in [0.3, 0.4) is 0 Å². The van der Waals surface area contributed by atoms with Gasteiger partial charge in [0, 0.05) is 12.0 Å². The fraction of sp³-hybridized carbons (Fsp3) is 0.364. The highest BCUT2D eigenvalue weighted by Crippen LogP contribution is 2.26. The van der Waals surface area contributed by atoms with Crippen LogP contribution < -0.4 is 5.32 Å². The first kappa shape index (κ1) is 20.0. The van der Waals surface area contributed by atoms with Crippen LogP contribution in [0.15, 0.2) is 30.5 Å². The number of benzene rings is 1. The predicted molar refractivity (Wildman–Crippen MR) is 112 cm³/mol. The van der Waals surface area contributed by atoms with Gasteiger partial charge in [-0.3, -0.25) is 4.79 Å². The number of pyridine rings is 1. The number of nitrogens with one attached hydrogen (secondary N) is 1. The van der Waals surface area contributed by atoms with Crippen molar-refractivity contribution in [3.05, 3.63) is 47.2 Å². The molecule has 156 valence electrons. The molecule has 1 fully saturated rings. The van der Waals surface area contributed by atoms with Gasteiger partial charge >= 0.3 is 5.97 Å². The number of esters is 1. The Bertz CT molecular complexity index is 1120. The highest BCUT2D eigenvalue weighted by atomic mass is 16.5. The summed E-state index contributed by atoms with van der Waals surface area (Å²) in [6.07, 6.45) is 2.31. The number of aromatic nitrogens is 3. The first-order valence-electron chi connectivity index (χ1n) is 10.0. The van der Waals surface area contributed by atoms with Crippen LogP contribution >= 0.6 is 0 Å². The van der Waals surface area contributed by atoms with Gasteiger partial charge in [0.1, 0.15) is 11.7 Å². The van der Waals surface area contributed by atoms with E-state index in [1.54, 1.807) is 6.92 Å². The third kappa shape index (κ3) is 3.66. The van der Waals surface area contributed by atoms with Crippen LogP contribution in [-0.4, -0.2) is 46.0 Å². The fourth-order valence-corrected chi connectivity index (χ4v) is 3.63. The molecule has 1 N–H and O–H groups in total. The zero-order valence-corrected chi connectivity index (χ0v) is 17.3. The van der Waals surface area contributed by atoms with Gasteiger partial charge in [-0.15, -0.1) is 0 Å². The number of fused-ring (bicyclic) bond motifs is 1. The van der Waals surface area contributed by atoms with Gasteiger partial charge in [0.25, 0.3) is 5.91 Å². The van der Waals surface area contributed by atoms with Gasteiger partial charge in [-0.05, 0) is 50.8 Å². The van der Waals surface area contributed by atoms with Gasteiger partial charge in [-0.1, -0.05) is 18.2 Å². The second-order valence-electron chi connectivity index (χ2n) is 7.30. The minimum atomic E-state index is -0.555. The highest BCUT2D eigenvalue weighted by Gasteiger charge is 2.28. The molecule has 1 aliphatic heterocycles.